The van der Waals surface area contributed by atoms with Gasteiger partial charge in [-0.15, -0.1) is 0 Å². The number of hydrogen-bond acceptors (Lipinski definition) is 3. The van der Waals surface area contributed by atoms with Crippen LogP contribution in [0.1, 0.15) is 25.7 Å². The number of benzene rings is 1. The number of nitrogens with one attached hydrogen (secondary N) is 1. The maximum atomic E-state index is 11.8. The maximum Gasteiger partial charge on any atom is 0.259 e. The van der Waals surface area contributed by atoms with Crippen molar-refractivity contribution in [2.45, 2.75) is 31.2 Å². The first-order valence-corrected chi connectivity index (χ1v) is 7.03. The second-order valence-corrected chi connectivity index (χ2v) is 5.61. The van der Waals surface area contributed by atoms with E-state index < -0.39 is 5.54 Å². The molecule has 0 saturated heterocycles. The van der Waals surface area contributed by atoms with Crippen molar-refractivity contribution < 1.29 is 9.53 Å². The van der Waals surface area contributed by atoms with E-state index in [-0.39, 0.29) is 12.5 Å². The van der Waals surface area contributed by atoms with Gasteiger partial charge in [-0.3, -0.25) is 4.79 Å². The van der Waals surface area contributed by atoms with Crippen LogP contribution in [0.3, 0.4) is 0 Å². The Morgan fingerprint density at radius 1 is 1.37 bits per heavy atom. The first-order chi connectivity index (χ1) is 9.13. The second-order valence-electron chi connectivity index (χ2n) is 4.69. The van der Waals surface area contributed by atoms with Gasteiger partial charge in [-0.1, -0.05) is 15.9 Å². The molecule has 1 aromatic rings. The zero-order valence-corrected chi connectivity index (χ0v) is 12.1. The van der Waals surface area contributed by atoms with Crippen LogP contribution in [-0.4, -0.2) is 18.1 Å². The lowest BCUT2D eigenvalue weighted by atomic mass is 10.00. The molecule has 1 aliphatic rings. The first-order valence-electron chi connectivity index (χ1n) is 6.24. The number of hydrogen-bond donors (Lipinski definition) is 1. The molecule has 0 bridgehead atoms. The van der Waals surface area contributed by atoms with Crippen LogP contribution in [0.25, 0.3) is 0 Å². The monoisotopic (exact) mass is 322 g/mol. The number of nitrogens with zero attached hydrogens (tertiary/aromatic N) is 1. The minimum Gasteiger partial charge on any atom is -0.484 e. The molecule has 19 heavy (non-hydrogen) atoms. The minimum absolute atomic E-state index is 0.0644. The third-order valence-electron chi connectivity index (χ3n) is 3.23. The molecular weight excluding hydrogens is 308 g/mol. The van der Waals surface area contributed by atoms with E-state index in [1.807, 2.05) is 12.1 Å². The van der Waals surface area contributed by atoms with Crippen molar-refractivity contribution in [1.29, 1.82) is 5.26 Å². The molecule has 0 atom stereocenters. The molecule has 0 aromatic heterocycles. The van der Waals surface area contributed by atoms with Crippen molar-refractivity contribution in [2.75, 3.05) is 6.61 Å². The lowest BCUT2D eigenvalue weighted by Crippen LogP contribution is -2.47. The number of halogens is 1. The molecule has 0 unspecified atom stereocenters. The van der Waals surface area contributed by atoms with Crippen molar-refractivity contribution in [3.05, 3.63) is 28.7 Å². The topological polar surface area (TPSA) is 62.1 Å². The summed E-state index contributed by atoms with van der Waals surface area (Å²) in [5.41, 5.74) is -0.680. The molecule has 100 valence electrons. The molecule has 0 heterocycles. The van der Waals surface area contributed by atoms with E-state index in [2.05, 4.69) is 27.3 Å². The summed E-state index contributed by atoms with van der Waals surface area (Å²) in [5.74, 6) is 0.391. The number of rotatable bonds is 4. The first kappa shape index (κ1) is 13.9. The fraction of sp³-hybridized carbons (Fsp3) is 0.429. The summed E-state index contributed by atoms with van der Waals surface area (Å²) in [6, 6.07) is 9.49. The zero-order chi connectivity index (χ0) is 13.7. The maximum absolute atomic E-state index is 11.8. The van der Waals surface area contributed by atoms with E-state index in [0.29, 0.717) is 5.75 Å². The molecule has 0 spiro atoms. The summed E-state index contributed by atoms with van der Waals surface area (Å²) in [5, 5.41) is 12.0. The van der Waals surface area contributed by atoms with Crippen molar-refractivity contribution in [3.63, 3.8) is 0 Å². The molecule has 0 aliphatic heterocycles. The lowest BCUT2D eigenvalue weighted by Gasteiger charge is -2.21. The molecule has 2 rings (SSSR count). The van der Waals surface area contributed by atoms with E-state index >= 15 is 0 Å². The fourth-order valence-corrected chi connectivity index (χ4v) is 2.49. The average Bonchev–Trinajstić information content (AvgIpc) is 2.87. The molecule has 1 aromatic carbocycles. The van der Waals surface area contributed by atoms with E-state index in [1.54, 1.807) is 12.1 Å². The van der Waals surface area contributed by atoms with Crippen molar-refractivity contribution in [2.24, 2.45) is 0 Å². The highest BCUT2D eigenvalue weighted by atomic mass is 79.9. The highest BCUT2D eigenvalue weighted by Gasteiger charge is 2.35. The Morgan fingerprint density at radius 2 is 2.00 bits per heavy atom. The minimum atomic E-state index is -0.680. The van der Waals surface area contributed by atoms with Crippen LogP contribution in [0.2, 0.25) is 0 Å². The van der Waals surface area contributed by atoms with Crippen molar-refractivity contribution in [1.82, 2.24) is 5.32 Å². The summed E-state index contributed by atoms with van der Waals surface area (Å²) in [6.07, 6.45) is 3.43. The number of nitriles is 1. The van der Waals surface area contributed by atoms with E-state index in [0.717, 1.165) is 30.2 Å². The quantitative estimate of drug-likeness (QED) is 0.927. The fourth-order valence-electron chi connectivity index (χ4n) is 2.23. The third-order valence-corrected chi connectivity index (χ3v) is 3.76. The van der Waals surface area contributed by atoms with Gasteiger partial charge in [0.25, 0.3) is 5.91 Å². The summed E-state index contributed by atoms with van der Waals surface area (Å²) >= 11 is 3.33. The van der Waals surface area contributed by atoms with Crippen LogP contribution in [0.5, 0.6) is 5.75 Å². The van der Waals surface area contributed by atoms with E-state index in [1.165, 1.54) is 0 Å². The van der Waals surface area contributed by atoms with Gasteiger partial charge in [0.2, 0.25) is 0 Å². The van der Waals surface area contributed by atoms with E-state index in [4.69, 9.17) is 4.74 Å². The summed E-state index contributed by atoms with van der Waals surface area (Å²) in [4.78, 5) is 11.8. The van der Waals surface area contributed by atoms with Crippen LogP contribution >= 0.6 is 15.9 Å². The zero-order valence-electron chi connectivity index (χ0n) is 10.5. The Labute approximate surface area is 120 Å². The second kappa shape index (κ2) is 6.07. The summed E-state index contributed by atoms with van der Waals surface area (Å²) < 4.78 is 6.34. The van der Waals surface area contributed by atoms with Crippen LogP contribution < -0.4 is 10.1 Å². The predicted octanol–water partition coefficient (Wildman–Crippen LogP) is 2.78. The van der Waals surface area contributed by atoms with Gasteiger partial charge < -0.3 is 10.1 Å². The van der Waals surface area contributed by atoms with Gasteiger partial charge in [0.15, 0.2) is 6.61 Å². The summed E-state index contributed by atoms with van der Waals surface area (Å²) in [6.45, 7) is -0.0644. The lowest BCUT2D eigenvalue weighted by molar-refractivity contribution is -0.124. The molecule has 5 heteroatoms. The Hall–Kier alpha value is -1.54. The normalized spacial score (nSPS) is 16.6. The molecule has 4 nitrogen and oxygen atoms in total. The van der Waals surface area contributed by atoms with Gasteiger partial charge in [0, 0.05) is 4.47 Å². The van der Waals surface area contributed by atoms with Gasteiger partial charge >= 0.3 is 0 Å². The number of carbonyl (C=O) groups is 1. The summed E-state index contributed by atoms with van der Waals surface area (Å²) in [7, 11) is 0. The van der Waals surface area contributed by atoms with Crippen molar-refractivity contribution in [3.8, 4) is 11.8 Å². The van der Waals surface area contributed by atoms with Gasteiger partial charge in [0.1, 0.15) is 11.3 Å². The molecule has 1 saturated carbocycles. The largest absolute Gasteiger partial charge is 0.484 e. The molecule has 1 amide bonds. The SMILES string of the molecule is N#CC1(NC(=O)COc2ccc(Br)cc2)CCCC1. The van der Waals surface area contributed by atoms with Crippen LogP contribution in [0.4, 0.5) is 0 Å². The van der Waals surface area contributed by atoms with Gasteiger partial charge in [-0.25, -0.2) is 0 Å². The molecule has 0 radical (unpaired) electrons. The molecule has 1 aliphatic carbocycles. The van der Waals surface area contributed by atoms with Gasteiger partial charge in [-0.05, 0) is 49.9 Å². The molecule has 1 N–H and O–H groups in total. The Bertz CT molecular complexity index is 487. The predicted molar refractivity (Wildman–Crippen MR) is 74.6 cm³/mol. The van der Waals surface area contributed by atoms with Crippen LogP contribution in [0.15, 0.2) is 28.7 Å². The Morgan fingerprint density at radius 3 is 2.58 bits per heavy atom. The van der Waals surface area contributed by atoms with E-state index in [9.17, 15) is 10.1 Å². The van der Waals surface area contributed by atoms with Crippen LogP contribution in [-0.2, 0) is 4.79 Å². The Balaban J connectivity index is 1.85. The molecule has 1 fully saturated rings. The Kier molecular flexibility index (Phi) is 4.43. The van der Waals surface area contributed by atoms with Crippen molar-refractivity contribution >= 4 is 21.8 Å². The van der Waals surface area contributed by atoms with Gasteiger partial charge in [-0.2, -0.15) is 5.26 Å². The number of ether oxygens (including phenoxy) is 1. The number of carbonyl (C=O) groups excluding carboxylic acids is 1. The highest BCUT2D eigenvalue weighted by Crippen LogP contribution is 2.28. The third kappa shape index (κ3) is 3.71. The average molecular weight is 323 g/mol. The highest BCUT2D eigenvalue weighted by molar-refractivity contribution is 9.10. The number of amides is 1. The standard InChI is InChI=1S/C14H15BrN2O2/c15-11-3-5-12(6-4-11)19-9-13(18)17-14(10-16)7-1-2-8-14/h3-6H,1-2,7-9H2,(H,17,18). The van der Waals surface area contributed by atoms with Crippen LogP contribution in [0, 0.1) is 11.3 Å². The smallest absolute Gasteiger partial charge is 0.259 e. The van der Waals surface area contributed by atoms with Gasteiger partial charge in [0.05, 0.1) is 6.07 Å². The molecular formula is C14H15BrN2O2.